The van der Waals surface area contributed by atoms with E-state index in [1.165, 1.54) is 7.11 Å². The summed E-state index contributed by atoms with van der Waals surface area (Å²) in [5.41, 5.74) is 0.176. The van der Waals surface area contributed by atoms with Crippen LogP contribution in [0.25, 0.3) is 0 Å². The summed E-state index contributed by atoms with van der Waals surface area (Å²) < 4.78 is 11.2. The SMILES string of the molecule is CON=C(C(=O)O)c1ccccc1OC1CCCCO1. The molecule has 108 valence electrons. The average molecular weight is 279 g/mol. The van der Waals surface area contributed by atoms with Crippen LogP contribution in [0.2, 0.25) is 0 Å². The Morgan fingerprint density at radius 2 is 2.20 bits per heavy atom. The van der Waals surface area contributed by atoms with Gasteiger partial charge in [-0.2, -0.15) is 0 Å². The highest BCUT2D eigenvalue weighted by Crippen LogP contribution is 2.24. The quantitative estimate of drug-likeness (QED) is 0.659. The van der Waals surface area contributed by atoms with Crippen LogP contribution >= 0.6 is 0 Å². The van der Waals surface area contributed by atoms with Crippen molar-refractivity contribution in [3.8, 4) is 5.75 Å². The highest BCUT2D eigenvalue weighted by molar-refractivity contribution is 6.43. The number of nitrogens with zero attached hydrogens (tertiary/aromatic N) is 1. The van der Waals surface area contributed by atoms with E-state index in [9.17, 15) is 9.90 Å². The second kappa shape index (κ2) is 6.91. The highest BCUT2D eigenvalue weighted by atomic mass is 16.7. The molecule has 1 atom stereocenters. The lowest BCUT2D eigenvalue weighted by atomic mass is 10.1. The second-order valence-corrected chi connectivity index (χ2v) is 4.34. The van der Waals surface area contributed by atoms with Crippen molar-refractivity contribution in [2.75, 3.05) is 13.7 Å². The van der Waals surface area contributed by atoms with Gasteiger partial charge in [-0.15, -0.1) is 0 Å². The first-order chi connectivity index (χ1) is 9.72. The molecule has 0 amide bonds. The molecule has 0 bridgehead atoms. The van der Waals surface area contributed by atoms with Crippen LogP contribution in [0.3, 0.4) is 0 Å². The van der Waals surface area contributed by atoms with Gasteiger partial charge >= 0.3 is 5.97 Å². The minimum absolute atomic E-state index is 0.195. The van der Waals surface area contributed by atoms with Crippen molar-refractivity contribution in [2.45, 2.75) is 25.6 Å². The zero-order valence-corrected chi connectivity index (χ0v) is 11.2. The molecular formula is C14H17NO5. The topological polar surface area (TPSA) is 77.4 Å². The zero-order valence-electron chi connectivity index (χ0n) is 11.2. The van der Waals surface area contributed by atoms with E-state index in [2.05, 4.69) is 9.99 Å². The van der Waals surface area contributed by atoms with Crippen molar-refractivity contribution >= 4 is 11.7 Å². The van der Waals surface area contributed by atoms with Gasteiger partial charge in [0.1, 0.15) is 12.9 Å². The molecule has 0 saturated carbocycles. The Balaban J connectivity index is 2.24. The Morgan fingerprint density at radius 1 is 1.40 bits per heavy atom. The molecule has 1 unspecified atom stereocenters. The first-order valence-corrected chi connectivity index (χ1v) is 6.44. The number of carboxylic acids is 1. The third-order valence-corrected chi connectivity index (χ3v) is 2.92. The highest BCUT2D eigenvalue weighted by Gasteiger charge is 2.21. The average Bonchev–Trinajstić information content (AvgIpc) is 2.46. The summed E-state index contributed by atoms with van der Waals surface area (Å²) in [6.07, 6.45) is 2.50. The zero-order chi connectivity index (χ0) is 14.4. The molecule has 1 N–H and O–H groups in total. The summed E-state index contributed by atoms with van der Waals surface area (Å²) in [6, 6.07) is 6.82. The van der Waals surface area contributed by atoms with Crippen LogP contribution in [0.4, 0.5) is 0 Å². The number of oxime groups is 1. The van der Waals surface area contributed by atoms with Gasteiger partial charge in [-0.3, -0.25) is 0 Å². The van der Waals surface area contributed by atoms with Crippen LogP contribution in [0.5, 0.6) is 5.75 Å². The Hall–Kier alpha value is -2.08. The number of benzene rings is 1. The van der Waals surface area contributed by atoms with Gasteiger partial charge in [0.25, 0.3) is 0 Å². The van der Waals surface area contributed by atoms with E-state index in [4.69, 9.17) is 9.47 Å². The third kappa shape index (κ3) is 3.48. The van der Waals surface area contributed by atoms with Gasteiger partial charge in [-0.1, -0.05) is 17.3 Å². The molecule has 0 radical (unpaired) electrons. The molecule has 1 aliphatic heterocycles. The summed E-state index contributed by atoms with van der Waals surface area (Å²) in [7, 11) is 1.30. The third-order valence-electron chi connectivity index (χ3n) is 2.92. The van der Waals surface area contributed by atoms with Gasteiger partial charge < -0.3 is 19.4 Å². The summed E-state index contributed by atoms with van der Waals surface area (Å²) in [4.78, 5) is 15.8. The number of hydrogen-bond acceptors (Lipinski definition) is 5. The van der Waals surface area contributed by atoms with E-state index in [1.807, 2.05) is 0 Å². The molecule has 1 heterocycles. The van der Waals surface area contributed by atoms with Crippen LogP contribution in [-0.4, -0.2) is 36.8 Å². The standard InChI is InChI=1S/C14H17NO5/c1-18-15-13(14(16)17)10-6-2-3-7-11(10)20-12-8-4-5-9-19-12/h2-3,6-7,12H,4-5,8-9H2,1H3,(H,16,17). The molecular weight excluding hydrogens is 262 g/mol. The summed E-state index contributed by atoms with van der Waals surface area (Å²) in [5.74, 6) is -0.745. The van der Waals surface area contributed by atoms with E-state index in [-0.39, 0.29) is 12.0 Å². The molecule has 2 rings (SSSR count). The number of rotatable bonds is 5. The Kier molecular flexibility index (Phi) is 4.95. The number of ether oxygens (including phenoxy) is 2. The molecule has 0 spiro atoms. The van der Waals surface area contributed by atoms with Gasteiger partial charge in [0.2, 0.25) is 0 Å². The van der Waals surface area contributed by atoms with E-state index in [1.54, 1.807) is 24.3 Å². The predicted molar refractivity (Wildman–Crippen MR) is 71.8 cm³/mol. The minimum atomic E-state index is -1.17. The Labute approximate surface area is 116 Å². The lowest BCUT2D eigenvalue weighted by Gasteiger charge is -2.24. The predicted octanol–water partition coefficient (Wildman–Crippen LogP) is 2.03. The second-order valence-electron chi connectivity index (χ2n) is 4.34. The maximum atomic E-state index is 11.2. The fraction of sp³-hybridized carbons (Fsp3) is 0.429. The van der Waals surface area contributed by atoms with Crippen molar-refractivity contribution in [2.24, 2.45) is 5.16 Å². The molecule has 6 nitrogen and oxygen atoms in total. The monoisotopic (exact) mass is 279 g/mol. The fourth-order valence-corrected chi connectivity index (χ4v) is 2.01. The van der Waals surface area contributed by atoms with E-state index in [0.29, 0.717) is 17.9 Å². The fourth-order valence-electron chi connectivity index (χ4n) is 2.01. The van der Waals surface area contributed by atoms with Gasteiger partial charge in [-0.05, 0) is 25.0 Å². The van der Waals surface area contributed by atoms with Gasteiger partial charge in [-0.25, -0.2) is 4.79 Å². The lowest BCUT2D eigenvalue weighted by molar-refractivity contribution is -0.129. The normalized spacial score (nSPS) is 19.4. The van der Waals surface area contributed by atoms with Crippen molar-refractivity contribution < 1.29 is 24.2 Å². The molecule has 1 aliphatic rings. The molecule has 20 heavy (non-hydrogen) atoms. The van der Waals surface area contributed by atoms with Gasteiger partial charge in [0.05, 0.1) is 12.2 Å². The number of carboxylic acid groups (broad SMARTS) is 1. The van der Waals surface area contributed by atoms with Gasteiger partial charge in [0, 0.05) is 6.42 Å². The largest absolute Gasteiger partial charge is 0.476 e. The van der Waals surface area contributed by atoms with Crippen LogP contribution in [-0.2, 0) is 14.4 Å². The van der Waals surface area contributed by atoms with Crippen LogP contribution in [0.15, 0.2) is 29.4 Å². The van der Waals surface area contributed by atoms with Crippen molar-refractivity contribution in [1.29, 1.82) is 0 Å². The van der Waals surface area contributed by atoms with Crippen molar-refractivity contribution in [1.82, 2.24) is 0 Å². The van der Waals surface area contributed by atoms with E-state index < -0.39 is 5.97 Å². The smallest absolute Gasteiger partial charge is 0.358 e. The number of hydrogen-bond donors (Lipinski definition) is 1. The van der Waals surface area contributed by atoms with E-state index in [0.717, 1.165) is 19.3 Å². The number of aliphatic carboxylic acids is 1. The Bertz CT molecular complexity index is 494. The van der Waals surface area contributed by atoms with Crippen LogP contribution < -0.4 is 4.74 Å². The maximum absolute atomic E-state index is 11.2. The van der Waals surface area contributed by atoms with E-state index >= 15 is 0 Å². The molecule has 1 aromatic carbocycles. The number of carbonyl (C=O) groups is 1. The summed E-state index contributed by atoms with van der Waals surface area (Å²) in [5, 5.41) is 12.7. The van der Waals surface area contributed by atoms with Crippen LogP contribution in [0, 0.1) is 0 Å². The molecule has 0 aliphatic carbocycles. The molecule has 1 aromatic rings. The number of para-hydroxylation sites is 1. The molecule has 1 saturated heterocycles. The lowest BCUT2D eigenvalue weighted by Crippen LogP contribution is -2.26. The molecule has 1 fully saturated rings. The first-order valence-electron chi connectivity index (χ1n) is 6.44. The Morgan fingerprint density at radius 3 is 2.85 bits per heavy atom. The van der Waals surface area contributed by atoms with Crippen molar-refractivity contribution in [3.63, 3.8) is 0 Å². The van der Waals surface area contributed by atoms with Crippen LogP contribution in [0.1, 0.15) is 24.8 Å². The molecule has 6 heteroatoms. The minimum Gasteiger partial charge on any atom is -0.476 e. The van der Waals surface area contributed by atoms with Gasteiger partial charge in [0.15, 0.2) is 12.0 Å². The summed E-state index contributed by atoms with van der Waals surface area (Å²) >= 11 is 0. The summed E-state index contributed by atoms with van der Waals surface area (Å²) in [6.45, 7) is 0.658. The van der Waals surface area contributed by atoms with Crippen molar-refractivity contribution in [3.05, 3.63) is 29.8 Å². The molecule has 0 aromatic heterocycles. The maximum Gasteiger partial charge on any atom is 0.358 e. The first kappa shape index (κ1) is 14.3.